The van der Waals surface area contributed by atoms with E-state index in [1.54, 1.807) is 6.20 Å². The van der Waals surface area contributed by atoms with Crippen molar-refractivity contribution in [3.05, 3.63) is 54.7 Å². The maximum absolute atomic E-state index is 6.26. The molecule has 0 saturated heterocycles. The highest BCUT2D eigenvalue weighted by atomic mass is 15.1. The van der Waals surface area contributed by atoms with Gasteiger partial charge in [0.25, 0.3) is 0 Å². The molecular weight excluding hydrogens is 248 g/mol. The number of nitrogens with zero attached hydrogens (tertiary/aromatic N) is 3. The van der Waals surface area contributed by atoms with Gasteiger partial charge in [0, 0.05) is 23.3 Å². The highest BCUT2D eigenvalue weighted by Gasteiger charge is 2.16. The van der Waals surface area contributed by atoms with Crippen molar-refractivity contribution >= 4 is 10.9 Å². The summed E-state index contributed by atoms with van der Waals surface area (Å²) in [5.41, 5.74) is 9.35. The van der Waals surface area contributed by atoms with Gasteiger partial charge in [0.15, 0.2) is 0 Å². The number of aromatic nitrogens is 3. The Bertz CT molecular complexity index is 730. The van der Waals surface area contributed by atoms with Crippen molar-refractivity contribution in [1.82, 2.24) is 14.5 Å². The van der Waals surface area contributed by atoms with E-state index in [1.807, 2.05) is 30.7 Å². The normalized spacial score (nSPS) is 13.0. The Labute approximate surface area is 118 Å². The largest absolute Gasteiger partial charge is 0.322 e. The summed E-state index contributed by atoms with van der Waals surface area (Å²) in [4.78, 5) is 8.59. The van der Waals surface area contributed by atoms with Crippen molar-refractivity contribution in [2.75, 3.05) is 0 Å². The van der Waals surface area contributed by atoms with Gasteiger partial charge in [-0.1, -0.05) is 19.9 Å². The van der Waals surface area contributed by atoms with Crippen LogP contribution in [0.1, 0.15) is 25.6 Å². The van der Waals surface area contributed by atoms with E-state index in [2.05, 4.69) is 40.5 Å². The topological polar surface area (TPSA) is 56.7 Å². The molecular formula is C16H18N4. The van der Waals surface area contributed by atoms with Gasteiger partial charge in [-0.25, -0.2) is 4.98 Å². The minimum atomic E-state index is -0.0258. The molecule has 4 heteroatoms. The molecule has 0 fully saturated rings. The fourth-order valence-electron chi connectivity index (χ4n) is 2.32. The van der Waals surface area contributed by atoms with E-state index in [-0.39, 0.29) is 6.04 Å². The minimum Gasteiger partial charge on any atom is -0.322 e. The summed E-state index contributed by atoms with van der Waals surface area (Å²) >= 11 is 0. The third-order valence-electron chi connectivity index (χ3n) is 3.59. The lowest BCUT2D eigenvalue weighted by Gasteiger charge is -2.18. The zero-order valence-electron chi connectivity index (χ0n) is 11.7. The van der Waals surface area contributed by atoms with Crippen LogP contribution in [0.25, 0.3) is 16.6 Å². The van der Waals surface area contributed by atoms with Crippen molar-refractivity contribution in [3.8, 4) is 5.69 Å². The maximum atomic E-state index is 6.26. The molecule has 2 N–H and O–H groups in total. The molecule has 3 rings (SSSR count). The average Bonchev–Trinajstić information content (AvgIpc) is 2.95. The van der Waals surface area contributed by atoms with Crippen LogP contribution in [-0.4, -0.2) is 14.5 Å². The molecule has 0 aliphatic heterocycles. The van der Waals surface area contributed by atoms with E-state index in [1.165, 1.54) is 0 Å². The molecule has 1 aromatic carbocycles. The minimum absolute atomic E-state index is 0.0258. The monoisotopic (exact) mass is 266 g/mol. The lowest BCUT2D eigenvalue weighted by Crippen LogP contribution is -2.19. The number of rotatable bonds is 3. The van der Waals surface area contributed by atoms with Crippen LogP contribution in [-0.2, 0) is 0 Å². The summed E-state index contributed by atoms with van der Waals surface area (Å²) in [5.74, 6) is 0.368. The molecule has 0 aliphatic carbocycles. The van der Waals surface area contributed by atoms with E-state index in [4.69, 9.17) is 5.73 Å². The number of pyridine rings is 1. The first-order valence-corrected chi connectivity index (χ1v) is 6.80. The molecule has 0 saturated carbocycles. The Balaban J connectivity index is 2.09. The summed E-state index contributed by atoms with van der Waals surface area (Å²) in [6.45, 7) is 4.23. The van der Waals surface area contributed by atoms with Crippen molar-refractivity contribution < 1.29 is 0 Å². The molecule has 1 atom stereocenters. The first-order chi connectivity index (χ1) is 9.66. The van der Waals surface area contributed by atoms with Crippen LogP contribution in [0.4, 0.5) is 0 Å². The Morgan fingerprint density at radius 1 is 1.20 bits per heavy atom. The highest BCUT2D eigenvalue weighted by molar-refractivity contribution is 5.80. The summed E-state index contributed by atoms with van der Waals surface area (Å²) in [6.07, 6.45) is 5.46. The lowest BCUT2D eigenvalue weighted by molar-refractivity contribution is 0.497. The fourth-order valence-corrected chi connectivity index (χ4v) is 2.32. The second-order valence-electron chi connectivity index (χ2n) is 5.34. The number of hydrogen-bond acceptors (Lipinski definition) is 3. The number of fused-ring (bicyclic) bond motifs is 1. The number of benzene rings is 1. The Kier molecular flexibility index (Phi) is 3.24. The van der Waals surface area contributed by atoms with Crippen LogP contribution in [0.5, 0.6) is 0 Å². The van der Waals surface area contributed by atoms with Gasteiger partial charge in [-0.3, -0.25) is 4.98 Å². The third-order valence-corrected chi connectivity index (χ3v) is 3.59. The number of imidazole rings is 1. The fraction of sp³-hybridized carbons (Fsp3) is 0.250. The molecule has 0 amide bonds. The Morgan fingerprint density at radius 3 is 2.85 bits per heavy atom. The summed E-state index contributed by atoms with van der Waals surface area (Å²) in [5, 5.41) is 1.11. The van der Waals surface area contributed by atoms with Gasteiger partial charge in [0.05, 0.1) is 23.7 Å². The van der Waals surface area contributed by atoms with Crippen LogP contribution in [0.15, 0.2) is 49.1 Å². The van der Waals surface area contributed by atoms with Crippen molar-refractivity contribution in [2.45, 2.75) is 19.9 Å². The summed E-state index contributed by atoms with van der Waals surface area (Å²) < 4.78 is 2.05. The Morgan fingerprint density at radius 2 is 2.05 bits per heavy atom. The molecule has 2 aromatic heterocycles. The molecule has 4 nitrogen and oxygen atoms in total. The van der Waals surface area contributed by atoms with E-state index in [0.29, 0.717) is 5.92 Å². The second kappa shape index (κ2) is 5.06. The molecule has 20 heavy (non-hydrogen) atoms. The van der Waals surface area contributed by atoms with Crippen molar-refractivity contribution in [2.24, 2.45) is 11.7 Å². The Hall–Kier alpha value is -2.20. The standard InChI is InChI=1S/C16H18N4/c1-11(2)16(17)15-9-18-10-20(15)13-5-6-14-12(8-13)4-3-7-19-14/h3-11,16H,17H2,1-2H3. The smallest absolute Gasteiger partial charge is 0.0994 e. The molecule has 0 bridgehead atoms. The summed E-state index contributed by atoms with van der Waals surface area (Å²) in [7, 11) is 0. The van der Waals surface area contributed by atoms with Crippen LogP contribution < -0.4 is 5.73 Å². The average molecular weight is 266 g/mol. The summed E-state index contributed by atoms with van der Waals surface area (Å²) in [6, 6.07) is 10.2. The first-order valence-electron chi connectivity index (χ1n) is 6.80. The molecule has 2 heterocycles. The number of hydrogen-bond donors (Lipinski definition) is 1. The van der Waals surface area contributed by atoms with E-state index in [9.17, 15) is 0 Å². The first kappa shape index (κ1) is 12.8. The zero-order chi connectivity index (χ0) is 14.1. The quantitative estimate of drug-likeness (QED) is 0.792. The maximum Gasteiger partial charge on any atom is 0.0994 e. The predicted octanol–water partition coefficient (Wildman–Crippen LogP) is 3.08. The van der Waals surface area contributed by atoms with Crippen LogP contribution in [0.3, 0.4) is 0 Å². The van der Waals surface area contributed by atoms with Gasteiger partial charge < -0.3 is 10.3 Å². The molecule has 0 spiro atoms. The zero-order valence-corrected chi connectivity index (χ0v) is 11.7. The lowest BCUT2D eigenvalue weighted by atomic mass is 10.0. The molecule has 0 aliphatic rings. The van der Waals surface area contributed by atoms with Gasteiger partial charge >= 0.3 is 0 Å². The molecule has 1 unspecified atom stereocenters. The SMILES string of the molecule is CC(C)C(N)c1cncn1-c1ccc2ncccc2c1. The second-order valence-corrected chi connectivity index (χ2v) is 5.34. The van der Waals surface area contributed by atoms with Crippen LogP contribution in [0, 0.1) is 5.92 Å². The molecule has 102 valence electrons. The highest BCUT2D eigenvalue weighted by Crippen LogP contribution is 2.23. The van der Waals surface area contributed by atoms with Crippen molar-refractivity contribution in [1.29, 1.82) is 0 Å². The van der Waals surface area contributed by atoms with Crippen LogP contribution in [0.2, 0.25) is 0 Å². The van der Waals surface area contributed by atoms with E-state index >= 15 is 0 Å². The molecule has 3 aromatic rings. The van der Waals surface area contributed by atoms with E-state index in [0.717, 1.165) is 22.3 Å². The van der Waals surface area contributed by atoms with Gasteiger partial charge in [-0.2, -0.15) is 0 Å². The predicted molar refractivity (Wildman–Crippen MR) is 80.6 cm³/mol. The third kappa shape index (κ3) is 2.18. The van der Waals surface area contributed by atoms with Crippen molar-refractivity contribution in [3.63, 3.8) is 0 Å². The van der Waals surface area contributed by atoms with Crippen LogP contribution >= 0.6 is 0 Å². The van der Waals surface area contributed by atoms with Gasteiger partial charge in [0.2, 0.25) is 0 Å². The number of nitrogens with two attached hydrogens (primary N) is 1. The van der Waals surface area contributed by atoms with E-state index < -0.39 is 0 Å². The molecule has 0 radical (unpaired) electrons. The van der Waals surface area contributed by atoms with Gasteiger partial charge in [-0.05, 0) is 30.2 Å². The van der Waals surface area contributed by atoms with Gasteiger partial charge in [-0.15, -0.1) is 0 Å². The van der Waals surface area contributed by atoms with Gasteiger partial charge in [0.1, 0.15) is 0 Å².